The number of hydrogen-bond donors (Lipinski definition) is 1. The summed E-state index contributed by atoms with van der Waals surface area (Å²) in [6.45, 7) is 4.30. The average Bonchev–Trinajstić information content (AvgIpc) is 2.25. The van der Waals surface area contributed by atoms with Gasteiger partial charge in [0.2, 0.25) is 0 Å². The number of anilines is 1. The number of fused-ring (bicyclic) bond motifs is 1. The zero-order valence-electron chi connectivity index (χ0n) is 10.3. The maximum Gasteiger partial charge on any atom is 0.171 e. The SMILES string of the molecule is CC1(C)CC(=O)C2=C(C1)Nc1cc(Br)ccc1S2. The number of carbonyl (C=O) groups excluding carboxylic acids is 1. The standard InChI is InChI=1S/C14H14BrNOS/c1-14(2)6-10-13(11(17)7-14)18-12-4-3-8(15)5-9(12)16-10/h3-5,16H,6-7H2,1-2H3. The summed E-state index contributed by atoms with van der Waals surface area (Å²) in [4.78, 5) is 14.2. The van der Waals surface area contributed by atoms with Crippen molar-refractivity contribution in [3.8, 4) is 0 Å². The Morgan fingerprint density at radius 3 is 2.89 bits per heavy atom. The summed E-state index contributed by atoms with van der Waals surface area (Å²) >= 11 is 5.09. The highest BCUT2D eigenvalue weighted by atomic mass is 79.9. The molecule has 1 aromatic carbocycles. The van der Waals surface area contributed by atoms with E-state index in [-0.39, 0.29) is 11.2 Å². The van der Waals surface area contributed by atoms with E-state index >= 15 is 0 Å². The number of allylic oxidation sites excluding steroid dienone is 2. The molecule has 1 aromatic rings. The van der Waals surface area contributed by atoms with Crippen LogP contribution in [-0.4, -0.2) is 5.78 Å². The summed E-state index contributed by atoms with van der Waals surface area (Å²) in [7, 11) is 0. The molecule has 18 heavy (non-hydrogen) atoms. The van der Waals surface area contributed by atoms with Crippen LogP contribution in [0.1, 0.15) is 26.7 Å². The number of thioether (sulfide) groups is 1. The van der Waals surface area contributed by atoms with Gasteiger partial charge in [-0.15, -0.1) is 0 Å². The molecular formula is C14H14BrNOS. The van der Waals surface area contributed by atoms with E-state index in [1.165, 1.54) is 0 Å². The van der Waals surface area contributed by atoms with E-state index in [2.05, 4.69) is 41.2 Å². The molecule has 0 unspecified atom stereocenters. The first-order valence-electron chi connectivity index (χ1n) is 5.95. The van der Waals surface area contributed by atoms with Gasteiger partial charge < -0.3 is 5.32 Å². The molecule has 2 aliphatic rings. The number of rotatable bonds is 0. The lowest BCUT2D eigenvalue weighted by atomic mass is 9.78. The molecule has 94 valence electrons. The lowest BCUT2D eigenvalue weighted by Gasteiger charge is -2.35. The number of benzene rings is 1. The van der Waals surface area contributed by atoms with Crippen LogP contribution in [0.2, 0.25) is 0 Å². The Balaban J connectivity index is 2.02. The highest BCUT2D eigenvalue weighted by molar-refractivity contribution is 9.10. The molecule has 0 aromatic heterocycles. The zero-order chi connectivity index (χ0) is 12.9. The predicted octanol–water partition coefficient (Wildman–Crippen LogP) is 4.57. The van der Waals surface area contributed by atoms with Gasteiger partial charge in [-0.2, -0.15) is 0 Å². The van der Waals surface area contributed by atoms with E-state index in [0.29, 0.717) is 6.42 Å². The van der Waals surface area contributed by atoms with Crippen LogP contribution in [0.5, 0.6) is 0 Å². The van der Waals surface area contributed by atoms with Crippen LogP contribution in [-0.2, 0) is 4.79 Å². The van der Waals surface area contributed by atoms with Crippen molar-refractivity contribution in [3.05, 3.63) is 33.3 Å². The molecule has 1 N–H and O–H groups in total. The van der Waals surface area contributed by atoms with Crippen molar-refractivity contribution in [1.29, 1.82) is 0 Å². The van der Waals surface area contributed by atoms with Crippen LogP contribution in [0.4, 0.5) is 5.69 Å². The molecule has 0 saturated heterocycles. The lowest BCUT2D eigenvalue weighted by Crippen LogP contribution is -2.28. The third-order valence-electron chi connectivity index (χ3n) is 3.26. The Bertz CT molecular complexity index is 577. The molecule has 3 rings (SSSR count). The van der Waals surface area contributed by atoms with Crippen molar-refractivity contribution in [1.82, 2.24) is 0 Å². The normalized spacial score (nSPS) is 21.2. The van der Waals surface area contributed by atoms with Gasteiger partial charge in [-0.25, -0.2) is 0 Å². The summed E-state index contributed by atoms with van der Waals surface area (Å²) in [6.07, 6.45) is 1.58. The van der Waals surface area contributed by atoms with Gasteiger partial charge in [0, 0.05) is 21.5 Å². The average molecular weight is 324 g/mol. The first-order valence-corrected chi connectivity index (χ1v) is 7.56. The lowest BCUT2D eigenvalue weighted by molar-refractivity contribution is -0.117. The maximum absolute atomic E-state index is 12.2. The number of ketones is 1. The van der Waals surface area contributed by atoms with E-state index < -0.39 is 0 Å². The Morgan fingerprint density at radius 1 is 1.33 bits per heavy atom. The summed E-state index contributed by atoms with van der Waals surface area (Å²) in [5.74, 6) is 0.271. The molecule has 1 aliphatic heterocycles. The highest BCUT2D eigenvalue weighted by Crippen LogP contribution is 2.48. The fraction of sp³-hybridized carbons (Fsp3) is 0.357. The Kier molecular flexibility index (Phi) is 2.83. The molecule has 0 atom stereocenters. The van der Waals surface area contributed by atoms with Gasteiger partial charge in [-0.05, 0) is 30.0 Å². The minimum absolute atomic E-state index is 0.0625. The van der Waals surface area contributed by atoms with E-state index in [9.17, 15) is 4.79 Å². The first-order chi connectivity index (χ1) is 8.44. The number of carbonyl (C=O) groups is 1. The quantitative estimate of drug-likeness (QED) is 0.758. The van der Waals surface area contributed by atoms with Crippen LogP contribution in [0.3, 0.4) is 0 Å². The van der Waals surface area contributed by atoms with E-state index in [1.807, 2.05) is 12.1 Å². The number of nitrogens with one attached hydrogen (secondary N) is 1. The molecule has 2 nitrogen and oxygen atoms in total. The van der Waals surface area contributed by atoms with Crippen LogP contribution >= 0.6 is 27.7 Å². The van der Waals surface area contributed by atoms with E-state index in [4.69, 9.17) is 0 Å². The largest absolute Gasteiger partial charge is 0.357 e. The molecule has 1 aliphatic carbocycles. The highest BCUT2D eigenvalue weighted by Gasteiger charge is 2.35. The maximum atomic E-state index is 12.2. The second-order valence-corrected chi connectivity index (χ2v) is 7.58. The van der Waals surface area contributed by atoms with Gasteiger partial charge in [0.05, 0.1) is 10.6 Å². The monoisotopic (exact) mass is 323 g/mol. The third-order valence-corrected chi connectivity index (χ3v) is 5.01. The third kappa shape index (κ3) is 2.12. The van der Waals surface area contributed by atoms with Gasteiger partial charge >= 0.3 is 0 Å². The minimum atomic E-state index is 0.0625. The van der Waals surface area contributed by atoms with Crippen molar-refractivity contribution in [2.45, 2.75) is 31.6 Å². The summed E-state index contributed by atoms with van der Waals surface area (Å²) in [6, 6.07) is 6.13. The zero-order valence-corrected chi connectivity index (χ0v) is 12.7. The van der Waals surface area contributed by atoms with Crippen molar-refractivity contribution in [2.75, 3.05) is 5.32 Å². The Hall–Kier alpha value is -0.740. The van der Waals surface area contributed by atoms with Crippen molar-refractivity contribution >= 4 is 39.2 Å². The van der Waals surface area contributed by atoms with Gasteiger partial charge in [-0.3, -0.25) is 4.79 Å². The first kappa shape index (κ1) is 12.3. The van der Waals surface area contributed by atoms with Crippen LogP contribution in [0.25, 0.3) is 0 Å². The molecular weight excluding hydrogens is 310 g/mol. The van der Waals surface area contributed by atoms with Crippen LogP contribution in [0.15, 0.2) is 38.2 Å². The molecule has 0 amide bonds. The summed E-state index contributed by atoms with van der Waals surface area (Å²) in [5, 5.41) is 3.43. The number of Topliss-reactive ketones (excluding diaryl/α,β-unsaturated/α-hetero) is 1. The number of halogens is 1. The molecule has 0 saturated carbocycles. The Morgan fingerprint density at radius 2 is 2.11 bits per heavy atom. The Labute approximate surface area is 119 Å². The predicted molar refractivity (Wildman–Crippen MR) is 78.7 cm³/mol. The molecule has 0 bridgehead atoms. The van der Waals surface area contributed by atoms with Crippen molar-refractivity contribution < 1.29 is 4.79 Å². The van der Waals surface area contributed by atoms with Crippen molar-refractivity contribution in [2.24, 2.45) is 5.41 Å². The summed E-state index contributed by atoms with van der Waals surface area (Å²) in [5.41, 5.74) is 2.25. The van der Waals surface area contributed by atoms with Gasteiger partial charge in [0.1, 0.15) is 0 Å². The molecule has 4 heteroatoms. The molecule has 0 radical (unpaired) electrons. The fourth-order valence-electron chi connectivity index (χ4n) is 2.49. The number of hydrogen-bond acceptors (Lipinski definition) is 3. The molecule has 0 fully saturated rings. The summed E-state index contributed by atoms with van der Waals surface area (Å²) < 4.78 is 1.06. The second kappa shape index (κ2) is 4.14. The van der Waals surface area contributed by atoms with Crippen molar-refractivity contribution in [3.63, 3.8) is 0 Å². The smallest absolute Gasteiger partial charge is 0.171 e. The van der Waals surface area contributed by atoms with Gasteiger partial charge in [0.25, 0.3) is 0 Å². The second-order valence-electron chi connectivity index (χ2n) is 5.62. The minimum Gasteiger partial charge on any atom is -0.357 e. The van der Waals surface area contributed by atoms with Gasteiger partial charge in [-0.1, -0.05) is 41.5 Å². The molecule has 1 heterocycles. The van der Waals surface area contributed by atoms with Crippen LogP contribution in [0, 0.1) is 5.41 Å². The topological polar surface area (TPSA) is 29.1 Å². The molecule has 0 spiro atoms. The van der Waals surface area contributed by atoms with Gasteiger partial charge in [0.15, 0.2) is 5.78 Å². The van der Waals surface area contributed by atoms with E-state index in [1.54, 1.807) is 11.8 Å². The van der Waals surface area contributed by atoms with Crippen LogP contribution < -0.4 is 5.32 Å². The fourth-order valence-corrected chi connectivity index (χ4v) is 3.85. The van der Waals surface area contributed by atoms with E-state index in [0.717, 1.165) is 32.1 Å².